The summed E-state index contributed by atoms with van der Waals surface area (Å²) < 4.78 is 26.9. The number of hydrogen-bond donors (Lipinski definition) is 4. The van der Waals surface area contributed by atoms with E-state index in [1.165, 1.54) is 89.9 Å². The first kappa shape index (κ1) is 60.7. The number of ether oxygens (including phenoxy) is 1. The van der Waals surface area contributed by atoms with E-state index in [1.807, 2.05) is 12.2 Å². The van der Waals surface area contributed by atoms with Gasteiger partial charge in [0.05, 0.1) is 13.2 Å². The van der Waals surface area contributed by atoms with Crippen LogP contribution in [-0.4, -0.2) is 64.9 Å². The lowest BCUT2D eigenvalue weighted by atomic mass is 10.0. The molecule has 1 amide bonds. The molecule has 0 fully saturated rings. The number of carbonyl (C=O) groups excluding carboxylic acids is 2. The van der Waals surface area contributed by atoms with Crippen molar-refractivity contribution in [3.63, 3.8) is 0 Å². The molecule has 0 bridgehead atoms. The normalized spacial score (nSPS) is 14.3. The Labute approximate surface area is 388 Å². The van der Waals surface area contributed by atoms with Crippen LogP contribution in [0, 0.1) is 0 Å². The average molecular weight is 918 g/mol. The van der Waals surface area contributed by atoms with E-state index in [0.717, 1.165) is 57.8 Å². The number of allylic oxidation sites excluding steroid dienone is 14. The monoisotopic (exact) mass is 918 g/mol. The van der Waals surface area contributed by atoms with E-state index < -0.39 is 57.6 Å². The number of nitrogens with one attached hydrogen (secondary N) is 1. The number of phosphoric acid groups is 1. The van der Waals surface area contributed by atoms with Crippen molar-refractivity contribution in [2.45, 2.75) is 206 Å². The summed E-state index contributed by atoms with van der Waals surface area (Å²) in [5, 5.41) is 21.9. The van der Waals surface area contributed by atoms with Crippen LogP contribution >= 0.6 is 7.82 Å². The minimum Gasteiger partial charge on any atom is -0.480 e. The van der Waals surface area contributed by atoms with Gasteiger partial charge >= 0.3 is 19.8 Å². The zero-order valence-corrected chi connectivity index (χ0v) is 40.7. The highest BCUT2D eigenvalue weighted by atomic mass is 31.2. The van der Waals surface area contributed by atoms with Gasteiger partial charge in [-0.3, -0.25) is 18.6 Å². The van der Waals surface area contributed by atoms with Crippen molar-refractivity contribution >= 4 is 25.7 Å². The van der Waals surface area contributed by atoms with Gasteiger partial charge in [-0.25, -0.2) is 9.36 Å². The van der Waals surface area contributed by atoms with Crippen molar-refractivity contribution in [1.29, 1.82) is 0 Å². The molecule has 11 nitrogen and oxygen atoms in total. The molecule has 3 atom stereocenters. The number of unbranched alkanes of at least 4 members (excludes halogenated alkanes) is 17. The topological polar surface area (TPSA) is 169 Å². The first-order chi connectivity index (χ1) is 31.1. The number of carboxylic acid groups (broad SMARTS) is 1. The minimum atomic E-state index is -4.78. The largest absolute Gasteiger partial charge is 0.480 e. The minimum absolute atomic E-state index is 0.137. The van der Waals surface area contributed by atoms with Crippen molar-refractivity contribution < 1.29 is 47.8 Å². The molecular weight excluding hydrogens is 830 g/mol. The fourth-order valence-corrected chi connectivity index (χ4v) is 7.15. The van der Waals surface area contributed by atoms with Crippen molar-refractivity contribution in [3.8, 4) is 0 Å². The maximum atomic E-state index is 12.4. The molecule has 0 aliphatic heterocycles. The van der Waals surface area contributed by atoms with Gasteiger partial charge in [-0.1, -0.05) is 182 Å². The second-order valence-electron chi connectivity index (χ2n) is 16.3. The Kier molecular flexibility index (Phi) is 43.8. The maximum Gasteiger partial charge on any atom is 0.472 e. The van der Waals surface area contributed by atoms with Crippen molar-refractivity contribution in [1.82, 2.24) is 5.32 Å². The quantitative estimate of drug-likeness (QED) is 0.0200. The summed E-state index contributed by atoms with van der Waals surface area (Å²) >= 11 is 0. The van der Waals surface area contributed by atoms with Crippen LogP contribution in [0.15, 0.2) is 85.1 Å². The molecule has 0 rings (SSSR count). The number of aliphatic carboxylic acids is 1. The molecule has 0 spiro atoms. The zero-order valence-electron chi connectivity index (χ0n) is 39.8. The highest BCUT2D eigenvalue weighted by molar-refractivity contribution is 7.47. The van der Waals surface area contributed by atoms with E-state index in [9.17, 15) is 34.1 Å². The van der Waals surface area contributed by atoms with Gasteiger partial charge in [0.2, 0.25) is 5.91 Å². The number of esters is 1. The molecule has 3 unspecified atom stereocenters. The number of hydrogen-bond acceptors (Lipinski definition) is 8. The van der Waals surface area contributed by atoms with Gasteiger partial charge in [0.25, 0.3) is 0 Å². The lowest BCUT2D eigenvalue weighted by molar-refractivity contribution is -0.147. The zero-order chi connectivity index (χ0) is 47.0. The number of aliphatic hydroxyl groups is 1. The first-order valence-corrected chi connectivity index (χ1v) is 26.1. The third-order valence-corrected chi connectivity index (χ3v) is 11.1. The van der Waals surface area contributed by atoms with Crippen molar-refractivity contribution in [2.24, 2.45) is 0 Å². The van der Waals surface area contributed by atoms with Crippen molar-refractivity contribution in [2.75, 3.05) is 19.8 Å². The molecule has 0 aromatic heterocycles. The molecular formula is C52H88NO10P. The Bertz CT molecular complexity index is 1400. The van der Waals surface area contributed by atoms with E-state index in [-0.39, 0.29) is 12.8 Å². The van der Waals surface area contributed by atoms with E-state index in [2.05, 4.69) is 92.1 Å². The molecule has 64 heavy (non-hydrogen) atoms. The standard InChI is InChI=1S/C52H88NO10P/c1-3-5-7-9-11-13-15-17-19-21-22-23-24-25-26-28-29-31-33-35-37-39-41-43-50(55)53-49(52(57)58)47-63-64(59,60)62-46-48(54)45-61-51(56)44-42-40-38-36-34-32-30-27-20-18-16-14-12-10-8-6-4-2/h6,8,11-14,17-20,30,32,36,38,48-49,54H,3-5,7,9-10,15-16,21-29,31,33-35,37,39-47H2,1-2H3,(H,53,55)(H,57,58)(H,59,60)/b8-6-,13-11-,14-12-,19-17-,20-18-,32-30-,38-36-. The Balaban J connectivity index is 3.91. The molecule has 0 saturated carbocycles. The van der Waals surface area contributed by atoms with E-state index >= 15 is 0 Å². The van der Waals surface area contributed by atoms with Gasteiger partial charge in [0.1, 0.15) is 12.7 Å². The third kappa shape index (κ3) is 45.2. The molecule has 0 aliphatic carbocycles. The molecule has 0 aromatic carbocycles. The Hall–Kier alpha value is -3.34. The first-order valence-electron chi connectivity index (χ1n) is 24.6. The predicted molar refractivity (Wildman–Crippen MR) is 263 cm³/mol. The van der Waals surface area contributed by atoms with E-state index in [0.29, 0.717) is 19.3 Å². The summed E-state index contributed by atoms with van der Waals surface area (Å²) in [6.07, 6.45) is 57.5. The van der Waals surface area contributed by atoms with E-state index in [1.54, 1.807) is 0 Å². The maximum absolute atomic E-state index is 12.4. The fraction of sp³-hybridized carbons (Fsp3) is 0.673. The third-order valence-electron chi connectivity index (χ3n) is 10.2. The van der Waals surface area contributed by atoms with Gasteiger partial charge in [0, 0.05) is 12.8 Å². The number of rotatable bonds is 45. The van der Waals surface area contributed by atoms with Gasteiger partial charge in [-0.2, -0.15) is 0 Å². The molecule has 0 saturated heterocycles. The fourth-order valence-electron chi connectivity index (χ4n) is 6.38. The Morgan fingerprint density at radius 2 is 0.922 bits per heavy atom. The highest BCUT2D eigenvalue weighted by Gasteiger charge is 2.28. The highest BCUT2D eigenvalue weighted by Crippen LogP contribution is 2.43. The Morgan fingerprint density at radius 3 is 1.39 bits per heavy atom. The predicted octanol–water partition coefficient (Wildman–Crippen LogP) is 13.4. The van der Waals surface area contributed by atoms with Crippen LogP contribution in [0.1, 0.15) is 194 Å². The molecule has 366 valence electrons. The summed E-state index contributed by atoms with van der Waals surface area (Å²) in [7, 11) is -4.78. The molecule has 4 N–H and O–H groups in total. The van der Waals surface area contributed by atoms with Crippen LogP contribution in [0.25, 0.3) is 0 Å². The summed E-state index contributed by atoms with van der Waals surface area (Å²) in [6.45, 7) is 2.40. The number of carbonyl (C=O) groups is 3. The Morgan fingerprint density at radius 1 is 0.516 bits per heavy atom. The second kappa shape index (κ2) is 46.2. The number of aliphatic hydroxyl groups excluding tert-OH is 1. The number of amides is 1. The van der Waals surface area contributed by atoms with Gasteiger partial charge < -0.3 is 25.2 Å². The lowest BCUT2D eigenvalue weighted by Gasteiger charge is -2.18. The van der Waals surface area contributed by atoms with Crippen LogP contribution in [0.3, 0.4) is 0 Å². The second-order valence-corrected chi connectivity index (χ2v) is 17.7. The molecule has 0 aromatic rings. The molecule has 0 heterocycles. The smallest absolute Gasteiger partial charge is 0.472 e. The summed E-state index contributed by atoms with van der Waals surface area (Å²) in [5.74, 6) is -2.44. The van der Waals surface area contributed by atoms with Crippen LogP contribution in [0.2, 0.25) is 0 Å². The van der Waals surface area contributed by atoms with Crippen molar-refractivity contribution in [3.05, 3.63) is 85.1 Å². The molecule has 12 heteroatoms. The molecule has 0 radical (unpaired) electrons. The summed E-state index contributed by atoms with van der Waals surface area (Å²) in [6, 6.07) is -1.56. The number of carboxylic acids is 1. The van der Waals surface area contributed by atoms with Crippen LogP contribution < -0.4 is 5.32 Å². The van der Waals surface area contributed by atoms with Gasteiger partial charge in [0.15, 0.2) is 6.04 Å². The van der Waals surface area contributed by atoms with Crippen LogP contribution in [0.5, 0.6) is 0 Å². The van der Waals surface area contributed by atoms with E-state index in [4.69, 9.17) is 13.8 Å². The van der Waals surface area contributed by atoms with Crippen LogP contribution in [-0.2, 0) is 32.7 Å². The van der Waals surface area contributed by atoms with Gasteiger partial charge in [-0.15, -0.1) is 0 Å². The lowest BCUT2D eigenvalue weighted by Crippen LogP contribution is -2.43. The van der Waals surface area contributed by atoms with Gasteiger partial charge in [-0.05, 0) is 83.5 Å². The molecule has 0 aliphatic rings. The number of phosphoric ester groups is 1. The van der Waals surface area contributed by atoms with Crippen LogP contribution in [0.4, 0.5) is 0 Å². The average Bonchev–Trinajstić information content (AvgIpc) is 3.27. The SMILES string of the molecule is CC/C=C\C/C=C\C/C=C\C/C=C\C/C=C\CCCC(=O)OCC(O)COP(=O)(O)OCC(NC(=O)CCCCCCCCCCCCCCC/C=C\C/C=C\CCCCC)C(=O)O. The summed E-state index contributed by atoms with van der Waals surface area (Å²) in [5.41, 5.74) is 0. The summed E-state index contributed by atoms with van der Waals surface area (Å²) in [4.78, 5) is 46.1.